The lowest BCUT2D eigenvalue weighted by molar-refractivity contribution is -0.134. The van der Waals surface area contributed by atoms with Crippen LogP contribution in [0, 0.1) is 6.92 Å². The average molecular weight is 438 g/mol. The lowest BCUT2D eigenvalue weighted by Gasteiger charge is -2.41. The summed E-state index contributed by atoms with van der Waals surface area (Å²) < 4.78 is 1.72. The van der Waals surface area contributed by atoms with Crippen molar-refractivity contribution in [2.45, 2.75) is 71.1 Å². The molecule has 4 rings (SSSR count). The van der Waals surface area contributed by atoms with Gasteiger partial charge in [-0.05, 0) is 50.4 Å². The van der Waals surface area contributed by atoms with E-state index < -0.39 is 0 Å². The van der Waals surface area contributed by atoms with E-state index in [4.69, 9.17) is 0 Å². The maximum Gasteiger partial charge on any atom is 0.244 e. The quantitative estimate of drug-likeness (QED) is 0.740. The van der Waals surface area contributed by atoms with Crippen LogP contribution in [0.1, 0.15) is 50.2 Å². The standard InChI is InChI=1S/C25H35N5O2/c1-4-24(31)30-13-12-21-9-7-10-22(27(21)3)17-28(16-20-8-5-6-11-23(20)30)25(32)18-29-15-19(2)14-26-29/h5-6,8,11,14-15,21-22H,4,7,9-10,12-13,16-18H2,1-3H3. The summed E-state index contributed by atoms with van der Waals surface area (Å²) >= 11 is 0. The molecule has 0 N–H and O–H groups in total. The van der Waals surface area contributed by atoms with E-state index in [0.29, 0.717) is 38.1 Å². The number of hydrogen-bond donors (Lipinski definition) is 0. The first-order valence-corrected chi connectivity index (χ1v) is 11.8. The summed E-state index contributed by atoms with van der Waals surface area (Å²) in [6, 6.07) is 8.82. The lowest BCUT2D eigenvalue weighted by Crippen LogP contribution is -2.51. The molecule has 0 aliphatic carbocycles. The summed E-state index contributed by atoms with van der Waals surface area (Å²) in [6.07, 6.45) is 8.51. The van der Waals surface area contributed by atoms with Gasteiger partial charge in [0.15, 0.2) is 0 Å². The number of carbonyl (C=O) groups excluding carboxylic acids is 2. The summed E-state index contributed by atoms with van der Waals surface area (Å²) in [6.45, 7) is 6.04. The number of para-hydroxylation sites is 1. The van der Waals surface area contributed by atoms with Crippen LogP contribution in [0.2, 0.25) is 0 Å². The zero-order valence-corrected chi connectivity index (χ0v) is 19.5. The number of aromatic nitrogens is 2. The van der Waals surface area contributed by atoms with E-state index in [1.54, 1.807) is 10.9 Å². The van der Waals surface area contributed by atoms with Gasteiger partial charge in [0.1, 0.15) is 6.54 Å². The Kier molecular flexibility index (Phi) is 6.94. The number of amides is 2. The number of piperidine rings is 1. The summed E-state index contributed by atoms with van der Waals surface area (Å²) in [5.41, 5.74) is 3.01. The summed E-state index contributed by atoms with van der Waals surface area (Å²) in [4.78, 5) is 32.7. The highest BCUT2D eigenvalue weighted by Gasteiger charge is 2.32. The Morgan fingerprint density at radius 2 is 1.88 bits per heavy atom. The van der Waals surface area contributed by atoms with Crippen molar-refractivity contribution in [1.82, 2.24) is 19.6 Å². The third kappa shape index (κ3) is 4.88. The monoisotopic (exact) mass is 437 g/mol. The van der Waals surface area contributed by atoms with Crippen molar-refractivity contribution < 1.29 is 9.59 Å². The summed E-state index contributed by atoms with van der Waals surface area (Å²) in [5.74, 6) is 0.197. The van der Waals surface area contributed by atoms with Gasteiger partial charge in [-0.3, -0.25) is 19.2 Å². The molecule has 32 heavy (non-hydrogen) atoms. The molecule has 1 saturated heterocycles. The van der Waals surface area contributed by atoms with Gasteiger partial charge in [0, 0.05) is 50.0 Å². The van der Waals surface area contributed by atoms with Gasteiger partial charge in [-0.1, -0.05) is 31.5 Å². The molecule has 0 spiro atoms. The van der Waals surface area contributed by atoms with Crippen LogP contribution >= 0.6 is 0 Å². The van der Waals surface area contributed by atoms with Gasteiger partial charge >= 0.3 is 0 Å². The molecular formula is C25H35N5O2. The van der Waals surface area contributed by atoms with E-state index in [0.717, 1.165) is 42.5 Å². The van der Waals surface area contributed by atoms with Crippen molar-refractivity contribution in [3.8, 4) is 0 Å². The third-order valence-corrected chi connectivity index (χ3v) is 7.00. The minimum absolute atomic E-state index is 0.0611. The number of nitrogens with zero attached hydrogens (tertiary/aromatic N) is 5. The van der Waals surface area contributed by atoms with E-state index in [1.807, 2.05) is 48.0 Å². The van der Waals surface area contributed by atoms with Crippen molar-refractivity contribution >= 4 is 17.5 Å². The molecule has 7 nitrogen and oxygen atoms in total. The van der Waals surface area contributed by atoms with E-state index in [-0.39, 0.29) is 18.4 Å². The van der Waals surface area contributed by atoms with E-state index in [1.165, 1.54) is 0 Å². The van der Waals surface area contributed by atoms with E-state index in [9.17, 15) is 9.59 Å². The minimum atomic E-state index is 0.0611. The minimum Gasteiger partial charge on any atom is -0.335 e. The van der Waals surface area contributed by atoms with E-state index in [2.05, 4.69) is 23.1 Å². The largest absolute Gasteiger partial charge is 0.335 e. The zero-order valence-electron chi connectivity index (χ0n) is 19.5. The smallest absolute Gasteiger partial charge is 0.244 e. The fourth-order valence-electron chi connectivity index (χ4n) is 5.13. The fourth-order valence-corrected chi connectivity index (χ4v) is 5.13. The molecule has 2 aliphatic rings. The second-order valence-corrected chi connectivity index (χ2v) is 9.21. The van der Waals surface area contributed by atoms with Gasteiger partial charge in [-0.25, -0.2) is 0 Å². The highest BCUT2D eigenvalue weighted by molar-refractivity contribution is 5.94. The van der Waals surface area contributed by atoms with Crippen LogP contribution in [0.4, 0.5) is 5.69 Å². The molecule has 2 aliphatic heterocycles. The molecule has 2 unspecified atom stereocenters. The lowest BCUT2D eigenvalue weighted by atomic mass is 9.93. The van der Waals surface area contributed by atoms with Crippen LogP contribution in [0.5, 0.6) is 0 Å². The van der Waals surface area contributed by atoms with Crippen molar-refractivity contribution in [3.05, 3.63) is 47.8 Å². The van der Waals surface area contributed by atoms with Crippen LogP contribution in [0.15, 0.2) is 36.7 Å². The van der Waals surface area contributed by atoms with Gasteiger partial charge < -0.3 is 9.80 Å². The predicted molar refractivity (Wildman–Crippen MR) is 125 cm³/mol. The number of fused-ring (bicyclic) bond motifs is 3. The average Bonchev–Trinajstić information content (AvgIpc) is 3.19. The van der Waals surface area contributed by atoms with Gasteiger partial charge in [0.25, 0.3) is 0 Å². The topological polar surface area (TPSA) is 61.7 Å². The first kappa shape index (κ1) is 22.5. The normalized spacial score (nSPS) is 22.2. The van der Waals surface area contributed by atoms with Crippen molar-refractivity contribution in [3.63, 3.8) is 0 Å². The molecular weight excluding hydrogens is 402 g/mol. The second-order valence-electron chi connectivity index (χ2n) is 9.21. The molecule has 2 aromatic rings. The number of carbonyl (C=O) groups is 2. The first-order chi connectivity index (χ1) is 15.5. The van der Waals surface area contributed by atoms with Gasteiger partial charge in [-0.2, -0.15) is 5.10 Å². The van der Waals surface area contributed by atoms with Gasteiger partial charge in [0.2, 0.25) is 11.8 Å². The second kappa shape index (κ2) is 9.86. The number of anilines is 1. The molecule has 1 fully saturated rings. The maximum absolute atomic E-state index is 13.4. The SMILES string of the molecule is CCC(=O)N1CCC2CCCC(CN(C(=O)Cn3cc(C)cn3)Cc3ccccc31)N2C. The Morgan fingerprint density at radius 1 is 1.09 bits per heavy atom. The molecule has 1 aromatic heterocycles. The predicted octanol–water partition coefficient (Wildman–Crippen LogP) is 3.22. The number of aryl methyl sites for hydroxylation is 1. The number of rotatable bonds is 3. The van der Waals surface area contributed by atoms with Crippen molar-refractivity contribution in [1.29, 1.82) is 0 Å². The number of likely N-dealkylation sites (N-methyl/N-ethyl adjacent to an activating group) is 1. The Balaban J connectivity index is 1.69. The van der Waals surface area contributed by atoms with Gasteiger partial charge in [0.05, 0.1) is 6.20 Å². The summed E-state index contributed by atoms with van der Waals surface area (Å²) in [7, 11) is 2.19. The molecule has 2 amide bonds. The van der Waals surface area contributed by atoms with Crippen LogP contribution in [-0.4, -0.2) is 63.6 Å². The number of benzene rings is 1. The Hall–Kier alpha value is -2.67. The first-order valence-electron chi connectivity index (χ1n) is 11.8. The maximum atomic E-state index is 13.4. The molecule has 3 heterocycles. The molecule has 172 valence electrons. The number of hydrogen-bond acceptors (Lipinski definition) is 4. The highest BCUT2D eigenvalue weighted by atomic mass is 16.2. The molecule has 0 saturated carbocycles. The molecule has 7 heteroatoms. The zero-order chi connectivity index (χ0) is 22.7. The Morgan fingerprint density at radius 3 is 2.62 bits per heavy atom. The van der Waals surface area contributed by atoms with Crippen LogP contribution in [-0.2, 0) is 22.7 Å². The molecule has 2 atom stereocenters. The van der Waals surface area contributed by atoms with Gasteiger partial charge in [-0.15, -0.1) is 0 Å². The van der Waals surface area contributed by atoms with Crippen LogP contribution in [0.25, 0.3) is 0 Å². The van der Waals surface area contributed by atoms with Crippen molar-refractivity contribution in [2.24, 2.45) is 0 Å². The Bertz CT molecular complexity index is 955. The Labute approximate surface area is 191 Å². The third-order valence-electron chi connectivity index (χ3n) is 7.00. The summed E-state index contributed by atoms with van der Waals surface area (Å²) in [5, 5.41) is 4.31. The molecule has 2 bridgehead atoms. The fraction of sp³-hybridized carbons (Fsp3) is 0.560. The van der Waals surface area contributed by atoms with Crippen LogP contribution < -0.4 is 4.90 Å². The molecule has 1 aromatic carbocycles. The van der Waals surface area contributed by atoms with Crippen molar-refractivity contribution in [2.75, 3.05) is 25.0 Å². The molecule has 0 radical (unpaired) electrons. The van der Waals surface area contributed by atoms with Crippen LogP contribution in [0.3, 0.4) is 0 Å². The highest BCUT2D eigenvalue weighted by Crippen LogP contribution is 2.29. The van der Waals surface area contributed by atoms with E-state index >= 15 is 0 Å².